The van der Waals surface area contributed by atoms with Crippen molar-refractivity contribution in [2.45, 2.75) is 51.9 Å². The Hall–Kier alpha value is -0.930. The highest BCUT2D eigenvalue weighted by molar-refractivity contribution is 6.42. The van der Waals surface area contributed by atoms with Crippen LogP contribution in [0.5, 0.6) is 0 Å². The van der Waals surface area contributed by atoms with Crippen LogP contribution in [0.15, 0.2) is 18.2 Å². The summed E-state index contributed by atoms with van der Waals surface area (Å²) in [5.74, 6) is 0. The van der Waals surface area contributed by atoms with Crippen LogP contribution in [0.4, 0.5) is 10.5 Å². The van der Waals surface area contributed by atoms with E-state index >= 15 is 0 Å². The lowest BCUT2D eigenvalue weighted by molar-refractivity contribution is 0.252. The third-order valence-corrected chi connectivity index (χ3v) is 3.98. The van der Waals surface area contributed by atoms with E-state index < -0.39 is 0 Å². The maximum absolute atomic E-state index is 11.7. The van der Waals surface area contributed by atoms with Gasteiger partial charge in [-0.05, 0) is 24.6 Å². The topological polar surface area (TPSA) is 41.1 Å². The van der Waals surface area contributed by atoms with Gasteiger partial charge in [0.25, 0.3) is 0 Å². The van der Waals surface area contributed by atoms with Gasteiger partial charge in [-0.2, -0.15) is 0 Å². The van der Waals surface area contributed by atoms with Crippen molar-refractivity contribution in [2.24, 2.45) is 0 Å². The third kappa shape index (κ3) is 8.18. The Morgan fingerprint density at radius 3 is 2.33 bits per heavy atom. The molecular weight excluding hydrogens is 307 g/mol. The molecule has 118 valence electrons. The zero-order chi connectivity index (χ0) is 15.5. The summed E-state index contributed by atoms with van der Waals surface area (Å²) in [6, 6.07) is 4.81. The average Bonchev–Trinajstić information content (AvgIpc) is 2.46. The Kier molecular flexibility index (Phi) is 9.27. The average molecular weight is 331 g/mol. The zero-order valence-electron chi connectivity index (χ0n) is 12.6. The Labute approximate surface area is 137 Å². The minimum atomic E-state index is -0.209. The number of rotatable bonds is 9. The molecule has 0 saturated heterocycles. The van der Waals surface area contributed by atoms with Crippen molar-refractivity contribution in [3.05, 3.63) is 28.2 Å². The molecule has 0 aliphatic rings. The van der Waals surface area contributed by atoms with Gasteiger partial charge in [0.05, 0.1) is 10.0 Å². The van der Waals surface area contributed by atoms with Crippen LogP contribution in [-0.4, -0.2) is 12.6 Å². The maximum Gasteiger partial charge on any atom is 0.319 e. The summed E-state index contributed by atoms with van der Waals surface area (Å²) in [5, 5.41) is 6.49. The molecule has 1 rings (SSSR count). The minimum Gasteiger partial charge on any atom is -0.338 e. The number of nitrogens with one attached hydrogen (secondary N) is 2. The summed E-state index contributed by atoms with van der Waals surface area (Å²) < 4.78 is 0. The first-order valence-electron chi connectivity index (χ1n) is 7.63. The molecule has 2 amide bonds. The van der Waals surface area contributed by atoms with Gasteiger partial charge < -0.3 is 10.6 Å². The third-order valence-electron chi connectivity index (χ3n) is 3.24. The molecule has 0 radical (unpaired) electrons. The molecular formula is C16H24Cl2N2O. The summed E-state index contributed by atoms with van der Waals surface area (Å²) in [5.41, 5.74) is 0.640. The summed E-state index contributed by atoms with van der Waals surface area (Å²) in [4.78, 5) is 11.7. The number of anilines is 1. The zero-order valence-corrected chi connectivity index (χ0v) is 14.1. The number of amides is 2. The van der Waals surface area contributed by atoms with E-state index in [2.05, 4.69) is 17.6 Å². The fourth-order valence-corrected chi connectivity index (χ4v) is 2.33. The molecule has 5 heteroatoms. The Morgan fingerprint density at radius 2 is 1.67 bits per heavy atom. The fraction of sp³-hybridized carbons (Fsp3) is 0.562. The highest BCUT2D eigenvalue weighted by Crippen LogP contribution is 2.24. The minimum absolute atomic E-state index is 0.209. The normalized spacial score (nSPS) is 10.4. The van der Waals surface area contributed by atoms with E-state index in [4.69, 9.17) is 23.2 Å². The second kappa shape index (κ2) is 10.7. The predicted molar refractivity (Wildman–Crippen MR) is 91.5 cm³/mol. The van der Waals surface area contributed by atoms with E-state index in [0.29, 0.717) is 22.3 Å². The Balaban J connectivity index is 2.10. The van der Waals surface area contributed by atoms with E-state index in [1.807, 2.05) is 0 Å². The number of hydrogen-bond acceptors (Lipinski definition) is 1. The van der Waals surface area contributed by atoms with Crippen LogP contribution in [0.1, 0.15) is 51.9 Å². The van der Waals surface area contributed by atoms with Gasteiger partial charge in [0.1, 0.15) is 0 Å². The molecule has 2 N–H and O–H groups in total. The summed E-state index contributed by atoms with van der Waals surface area (Å²) in [7, 11) is 0. The number of unbranched alkanes of at least 4 members (excludes halogenated alkanes) is 6. The Morgan fingerprint density at radius 1 is 1.00 bits per heavy atom. The van der Waals surface area contributed by atoms with Gasteiger partial charge in [-0.25, -0.2) is 4.79 Å². The van der Waals surface area contributed by atoms with E-state index in [9.17, 15) is 4.79 Å². The first-order valence-corrected chi connectivity index (χ1v) is 8.39. The summed E-state index contributed by atoms with van der Waals surface area (Å²) in [6.45, 7) is 2.91. The number of benzene rings is 1. The van der Waals surface area contributed by atoms with Crippen LogP contribution >= 0.6 is 23.2 Å². The molecule has 0 saturated carbocycles. The van der Waals surface area contributed by atoms with Crippen molar-refractivity contribution in [3.8, 4) is 0 Å². The van der Waals surface area contributed by atoms with Gasteiger partial charge in [0.2, 0.25) is 0 Å². The molecule has 0 fully saturated rings. The smallest absolute Gasteiger partial charge is 0.319 e. The van der Waals surface area contributed by atoms with Crippen LogP contribution in [0.3, 0.4) is 0 Å². The second-order valence-electron chi connectivity index (χ2n) is 5.13. The van der Waals surface area contributed by atoms with Gasteiger partial charge >= 0.3 is 6.03 Å². The van der Waals surface area contributed by atoms with Crippen molar-refractivity contribution in [1.29, 1.82) is 0 Å². The quantitative estimate of drug-likeness (QED) is 0.546. The molecule has 0 spiro atoms. The molecule has 0 aliphatic heterocycles. The lowest BCUT2D eigenvalue weighted by Gasteiger charge is -2.08. The maximum atomic E-state index is 11.7. The lowest BCUT2D eigenvalue weighted by Crippen LogP contribution is -2.29. The number of carbonyl (C=O) groups is 1. The van der Waals surface area contributed by atoms with Crippen LogP contribution in [0.2, 0.25) is 10.0 Å². The monoisotopic (exact) mass is 330 g/mol. The summed E-state index contributed by atoms with van der Waals surface area (Å²) in [6.07, 6.45) is 8.64. The Bertz CT molecular complexity index is 438. The van der Waals surface area contributed by atoms with Crippen molar-refractivity contribution in [2.75, 3.05) is 11.9 Å². The standard InChI is InChI=1S/C16H24Cl2N2O/c1-2-3-4-5-6-7-8-11-19-16(21)20-13-9-10-14(17)15(18)12-13/h9-10,12H,2-8,11H2,1H3,(H2,19,20,21). The first kappa shape index (κ1) is 18.1. The van der Waals surface area contributed by atoms with Gasteiger partial charge in [0.15, 0.2) is 0 Å². The van der Waals surface area contributed by atoms with Crippen LogP contribution in [0, 0.1) is 0 Å². The molecule has 0 bridgehead atoms. The number of carbonyl (C=O) groups excluding carboxylic acids is 1. The number of halogens is 2. The van der Waals surface area contributed by atoms with Crippen molar-refractivity contribution < 1.29 is 4.79 Å². The predicted octanol–water partition coefficient (Wildman–Crippen LogP) is 5.87. The molecule has 1 aromatic rings. The summed E-state index contributed by atoms with van der Waals surface area (Å²) >= 11 is 11.7. The van der Waals surface area contributed by atoms with Gasteiger partial charge in [-0.15, -0.1) is 0 Å². The largest absolute Gasteiger partial charge is 0.338 e. The number of urea groups is 1. The molecule has 0 aromatic heterocycles. The molecule has 0 heterocycles. The van der Waals surface area contributed by atoms with E-state index in [-0.39, 0.29) is 6.03 Å². The molecule has 21 heavy (non-hydrogen) atoms. The molecule has 0 atom stereocenters. The first-order chi connectivity index (χ1) is 10.1. The van der Waals surface area contributed by atoms with E-state index in [0.717, 1.165) is 12.8 Å². The van der Waals surface area contributed by atoms with Gasteiger partial charge in [-0.3, -0.25) is 0 Å². The van der Waals surface area contributed by atoms with Crippen molar-refractivity contribution in [3.63, 3.8) is 0 Å². The van der Waals surface area contributed by atoms with Crippen molar-refractivity contribution in [1.82, 2.24) is 5.32 Å². The van der Waals surface area contributed by atoms with E-state index in [1.54, 1.807) is 18.2 Å². The molecule has 3 nitrogen and oxygen atoms in total. The fourth-order valence-electron chi connectivity index (χ4n) is 2.03. The molecule has 0 aliphatic carbocycles. The van der Waals surface area contributed by atoms with Crippen LogP contribution in [-0.2, 0) is 0 Å². The SMILES string of the molecule is CCCCCCCCCNC(=O)Nc1ccc(Cl)c(Cl)c1. The van der Waals surface area contributed by atoms with Crippen molar-refractivity contribution >= 4 is 34.9 Å². The van der Waals surface area contributed by atoms with E-state index in [1.165, 1.54) is 32.1 Å². The highest BCUT2D eigenvalue weighted by atomic mass is 35.5. The molecule has 0 unspecified atom stereocenters. The number of hydrogen-bond donors (Lipinski definition) is 2. The van der Waals surface area contributed by atoms with Crippen LogP contribution in [0.25, 0.3) is 0 Å². The van der Waals surface area contributed by atoms with Gasteiger partial charge in [0, 0.05) is 12.2 Å². The van der Waals surface area contributed by atoms with Crippen LogP contribution < -0.4 is 10.6 Å². The molecule has 1 aromatic carbocycles. The lowest BCUT2D eigenvalue weighted by atomic mass is 10.1. The highest BCUT2D eigenvalue weighted by Gasteiger charge is 2.03. The van der Waals surface area contributed by atoms with Gasteiger partial charge in [-0.1, -0.05) is 68.7 Å². The second-order valence-corrected chi connectivity index (χ2v) is 5.95.